The van der Waals surface area contributed by atoms with Gasteiger partial charge in [0.15, 0.2) is 11.6 Å². The van der Waals surface area contributed by atoms with Crippen LogP contribution in [-0.4, -0.2) is 36.0 Å². The molecule has 1 heterocycles. The highest BCUT2D eigenvalue weighted by Crippen LogP contribution is 2.23. The fraction of sp³-hybridized carbons (Fsp3) is 0.588. The molecule has 0 spiro atoms. The number of nitrogens with two attached hydrogens (primary N) is 1. The first-order valence-corrected chi connectivity index (χ1v) is 8.03. The Morgan fingerprint density at radius 3 is 2.57 bits per heavy atom. The third kappa shape index (κ3) is 4.89. The molecule has 1 aromatic rings. The molecule has 128 valence electrons. The number of ether oxygens (including phenoxy) is 1. The van der Waals surface area contributed by atoms with Crippen LogP contribution in [0.25, 0.3) is 0 Å². The van der Waals surface area contributed by atoms with E-state index in [9.17, 15) is 13.6 Å². The predicted octanol–water partition coefficient (Wildman–Crippen LogP) is 2.71. The van der Waals surface area contributed by atoms with E-state index in [1.807, 2.05) is 13.8 Å². The molecule has 1 aromatic carbocycles. The van der Waals surface area contributed by atoms with Gasteiger partial charge in [0.05, 0.1) is 6.04 Å². The quantitative estimate of drug-likeness (QED) is 0.905. The van der Waals surface area contributed by atoms with Gasteiger partial charge in [-0.05, 0) is 24.5 Å². The number of piperidine rings is 1. The number of rotatable bonds is 5. The number of amides is 1. The second-order valence-corrected chi connectivity index (χ2v) is 6.45. The Labute approximate surface area is 135 Å². The van der Waals surface area contributed by atoms with Crippen molar-refractivity contribution in [2.24, 2.45) is 11.7 Å². The average molecular weight is 326 g/mol. The first kappa shape index (κ1) is 17.7. The maximum absolute atomic E-state index is 13.6. The zero-order valence-electron chi connectivity index (χ0n) is 13.6. The Morgan fingerprint density at radius 2 is 2.00 bits per heavy atom. The summed E-state index contributed by atoms with van der Waals surface area (Å²) in [5.41, 5.74) is 5.93. The van der Waals surface area contributed by atoms with Crippen LogP contribution < -0.4 is 10.5 Å². The molecular weight excluding hydrogens is 302 g/mol. The molecule has 2 N–H and O–H groups in total. The van der Waals surface area contributed by atoms with Gasteiger partial charge in [-0.1, -0.05) is 13.8 Å². The van der Waals surface area contributed by atoms with E-state index in [-0.39, 0.29) is 17.8 Å². The molecule has 0 aromatic heterocycles. The number of hydrogen-bond donors (Lipinski definition) is 1. The number of nitrogens with zero attached hydrogens (tertiary/aromatic N) is 1. The van der Waals surface area contributed by atoms with Crippen molar-refractivity contribution in [3.8, 4) is 5.75 Å². The molecular formula is C17H24F2N2O2. The van der Waals surface area contributed by atoms with Crippen LogP contribution in [0.2, 0.25) is 0 Å². The lowest BCUT2D eigenvalue weighted by atomic mass is 10.0. The summed E-state index contributed by atoms with van der Waals surface area (Å²) in [6.07, 6.45) is 1.70. The molecule has 23 heavy (non-hydrogen) atoms. The molecule has 1 saturated heterocycles. The lowest BCUT2D eigenvalue weighted by molar-refractivity contribution is -0.134. The molecule has 0 radical (unpaired) electrons. The van der Waals surface area contributed by atoms with Gasteiger partial charge < -0.3 is 15.4 Å². The monoisotopic (exact) mass is 326 g/mol. The van der Waals surface area contributed by atoms with E-state index in [0.29, 0.717) is 38.3 Å². The summed E-state index contributed by atoms with van der Waals surface area (Å²) in [5, 5.41) is 0. The SMILES string of the molecule is CC(C)C[C@H](N)C(=O)N1CCC(Oc2ccc(F)cc2F)CC1. The molecule has 6 heteroatoms. The van der Waals surface area contributed by atoms with Crippen LogP contribution in [0.1, 0.15) is 33.1 Å². The topological polar surface area (TPSA) is 55.6 Å². The lowest BCUT2D eigenvalue weighted by Crippen LogP contribution is -2.49. The van der Waals surface area contributed by atoms with Gasteiger partial charge in [-0.2, -0.15) is 0 Å². The zero-order chi connectivity index (χ0) is 17.0. The van der Waals surface area contributed by atoms with Gasteiger partial charge in [-0.25, -0.2) is 8.78 Å². The third-order valence-electron chi connectivity index (χ3n) is 3.98. The highest BCUT2D eigenvalue weighted by Gasteiger charge is 2.27. The maximum atomic E-state index is 13.6. The summed E-state index contributed by atoms with van der Waals surface area (Å²) in [5.74, 6) is -0.953. The number of halogens is 2. The van der Waals surface area contributed by atoms with Crippen LogP contribution in [0, 0.1) is 17.6 Å². The molecule has 1 aliphatic heterocycles. The van der Waals surface area contributed by atoms with Crippen molar-refractivity contribution in [3.63, 3.8) is 0 Å². The van der Waals surface area contributed by atoms with E-state index in [2.05, 4.69) is 0 Å². The Hall–Kier alpha value is -1.69. The van der Waals surface area contributed by atoms with Crippen molar-refractivity contribution >= 4 is 5.91 Å². The van der Waals surface area contributed by atoms with E-state index < -0.39 is 17.7 Å². The minimum atomic E-state index is -0.706. The first-order valence-electron chi connectivity index (χ1n) is 8.03. The molecule has 4 nitrogen and oxygen atoms in total. The number of benzene rings is 1. The summed E-state index contributed by atoms with van der Waals surface area (Å²) in [6, 6.07) is 2.80. The average Bonchev–Trinajstić information content (AvgIpc) is 2.49. The molecule has 0 unspecified atom stereocenters. The molecule has 0 bridgehead atoms. The highest BCUT2D eigenvalue weighted by atomic mass is 19.1. The molecule has 0 saturated carbocycles. The third-order valence-corrected chi connectivity index (χ3v) is 3.98. The Kier molecular flexibility index (Phi) is 5.93. The fourth-order valence-corrected chi connectivity index (χ4v) is 2.79. The lowest BCUT2D eigenvalue weighted by Gasteiger charge is -2.34. The van der Waals surface area contributed by atoms with Gasteiger partial charge in [0.1, 0.15) is 11.9 Å². The van der Waals surface area contributed by atoms with Crippen molar-refractivity contribution in [2.45, 2.75) is 45.3 Å². The summed E-state index contributed by atoms with van der Waals surface area (Å²) in [4.78, 5) is 14.0. The van der Waals surface area contributed by atoms with Crippen LogP contribution >= 0.6 is 0 Å². The first-order chi connectivity index (χ1) is 10.9. The van der Waals surface area contributed by atoms with Crippen molar-refractivity contribution in [1.82, 2.24) is 4.90 Å². The number of carbonyl (C=O) groups excluding carboxylic acids is 1. The molecule has 1 aliphatic rings. The standard InChI is InChI=1S/C17H24F2N2O2/c1-11(2)9-15(20)17(22)21-7-5-13(6-8-21)23-16-4-3-12(18)10-14(16)19/h3-4,10-11,13,15H,5-9,20H2,1-2H3/t15-/m0/s1. The summed E-state index contributed by atoms with van der Waals surface area (Å²) >= 11 is 0. The van der Waals surface area contributed by atoms with Crippen molar-refractivity contribution in [2.75, 3.05) is 13.1 Å². The van der Waals surface area contributed by atoms with Gasteiger partial charge in [-0.15, -0.1) is 0 Å². The number of hydrogen-bond acceptors (Lipinski definition) is 3. The largest absolute Gasteiger partial charge is 0.487 e. The van der Waals surface area contributed by atoms with Gasteiger partial charge >= 0.3 is 0 Å². The molecule has 1 fully saturated rings. The number of carbonyl (C=O) groups is 1. The van der Waals surface area contributed by atoms with Crippen molar-refractivity contribution in [3.05, 3.63) is 29.8 Å². The fourth-order valence-electron chi connectivity index (χ4n) is 2.79. The van der Waals surface area contributed by atoms with Crippen LogP contribution in [-0.2, 0) is 4.79 Å². The van der Waals surface area contributed by atoms with E-state index in [1.54, 1.807) is 4.90 Å². The van der Waals surface area contributed by atoms with Crippen molar-refractivity contribution < 1.29 is 18.3 Å². The zero-order valence-corrected chi connectivity index (χ0v) is 13.6. The minimum absolute atomic E-state index is 0.0369. The second-order valence-electron chi connectivity index (χ2n) is 6.45. The van der Waals surface area contributed by atoms with E-state index in [0.717, 1.165) is 6.07 Å². The van der Waals surface area contributed by atoms with Gasteiger partial charge in [0.25, 0.3) is 0 Å². The predicted molar refractivity (Wildman–Crippen MR) is 84.0 cm³/mol. The normalized spacial score (nSPS) is 17.4. The Morgan fingerprint density at radius 1 is 1.35 bits per heavy atom. The second kappa shape index (κ2) is 7.73. The van der Waals surface area contributed by atoms with E-state index in [4.69, 9.17) is 10.5 Å². The summed E-state index contributed by atoms with van der Waals surface area (Å²) in [6.45, 7) is 5.14. The van der Waals surface area contributed by atoms with Crippen LogP contribution in [0.5, 0.6) is 5.75 Å². The van der Waals surface area contributed by atoms with E-state index in [1.165, 1.54) is 12.1 Å². The van der Waals surface area contributed by atoms with Gasteiger partial charge in [0, 0.05) is 32.0 Å². The smallest absolute Gasteiger partial charge is 0.239 e. The van der Waals surface area contributed by atoms with Crippen LogP contribution in [0.3, 0.4) is 0 Å². The van der Waals surface area contributed by atoms with Crippen molar-refractivity contribution in [1.29, 1.82) is 0 Å². The summed E-state index contributed by atoms with van der Waals surface area (Å²) in [7, 11) is 0. The molecule has 0 aliphatic carbocycles. The Balaban J connectivity index is 1.85. The highest BCUT2D eigenvalue weighted by molar-refractivity contribution is 5.81. The molecule has 1 amide bonds. The van der Waals surface area contributed by atoms with Gasteiger partial charge in [0.2, 0.25) is 5.91 Å². The maximum Gasteiger partial charge on any atom is 0.239 e. The summed E-state index contributed by atoms with van der Waals surface area (Å²) < 4.78 is 32.1. The molecule has 1 atom stereocenters. The van der Waals surface area contributed by atoms with E-state index >= 15 is 0 Å². The van der Waals surface area contributed by atoms with Crippen LogP contribution in [0.15, 0.2) is 18.2 Å². The van der Waals surface area contributed by atoms with Gasteiger partial charge in [-0.3, -0.25) is 4.79 Å². The van der Waals surface area contributed by atoms with Crippen LogP contribution in [0.4, 0.5) is 8.78 Å². The molecule has 2 rings (SSSR count). The number of likely N-dealkylation sites (tertiary alicyclic amines) is 1. The minimum Gasteiger partial charge on any atom is -0.487 e. The Bertz CT molecular complexity index is 543.